The Labute approximate surface area is 147 Å². The highest BCUT2D eigenvalue weighted by molar-refractivity contribution is 6.07. The Balaban J connectivity index is 2.04. The molecular weight excluding hydrogens is 314 g/mol. The molecule has 2 aromatic rings. The van der Waals surface area contributed by atoms with Crippen LogP contribution in [-0.2, 0) is 9.53 Å². The standard InChI is InChI=1S/C21H19NO3/c1-3-25-20(24)21(13-22)17(15-11-9-14(2)10-12-15)18(21)19(23)16-7-5-4-6-8-16/h4-12,17-18H,3H2,1-2H3. The summed E-state index contributed by atoms with van der Waals surface area (Å²) in [5, 5.41) is 9.80. The fourth-order valence-electron chi connectivity index (χ4n) is 3.45. The summed E-state index contributed by atoms with van der Waals surface area (Å²) in [5.74, 6) is -2.01. The van der Waals surface area contributed by atoms with Crippen molar-refractivity contribution in [2.24, 2.45) is 11.3 Å². The van der Waals surface area contributed by atoms with Gasteiger partial charge in [0.05, 0.1) is 18.6 Å². The third kappa shape index (κ3) is 2.72. The van der Waals surface area contributed by atoms with E-state index in [1.54, 1.807) is 31.2 Å². The van der Waals surface area contributed by atoms with Gasteiger partial charge in [0.25, 0.3) is 0 Å². The second-order valence-electron chi connectivity index (χ2n) is 6.30. The summed E-state index contributed by atoms with van der Waals surface area (Å²) in [4.78, 5) is 25.5. The Morgan fingerprint density at radius 1 is 1.12 bits per heavy atom. The summed E-state index contributed by atoms with van der Waals surface area (Å²) >= 11 is 0. The van der Waals surface area contributed by atoms with Crippen molar-refractivity contribution in [2.75, 3.05) is 6.61 Å². The summed E-state index contributed by atoms with van der Waals surface area (Å²) < 4.78 is 5.14. The molecule has 0 heterocycles. The van der Waals surface area contributed by atoms with Gasteiger partial charge in [-0.15, -0.1) is 0 Å². The number of hydrogen-bond donors (Lipinski definition) is 0. The van der Waals surface area contributed by atoms with E-state index in [1.807, 2.05) is 37.3 Å². The van der Waals surface area contributed by atoms with Gasteiger partial charge in [-0.3, -0.25) is 9.59 Å². The van der Waals surface area contributed by atoms with Crippen molar-refractivity contribution in [1.82, 2.24) is 0 Å². The lowest BCUT2D eigenvalue weighted by Gasteiger charge is -2.08. The maximum atomic E-state index is 13.0. The van der Waals surface area contributed by atoms with Crippen LogP contribution in [0.5, 0.6) is 0 Å². The van der Waals surface area contributed by atoms with Crippen LogP contribution in [0.25, 0.3) is 0 Å². The largest absolute Gasteiger partial charge is 0.465 e. The molecule has 4 heteroatoms. The molecule has 0 N–H and O–H groups in total. The molecule has 1 aliphatic carbocycles. The molecule has 3 unspecified atom stereocenters. The van der Waals surface area contributed by atoms with E-state index in [9.17, 15) is 14.9 Å². The predicted molar refractivity (Wildman–Crippen MR) is 92.9 cm³/mol. The van der Waals surface area contributed by atoms with Gasteiger partial charge in [0.15, 0.2) is 11.2 Å². The van der Waals surface area contributed by atoms with Crippen LogP contribution in [0.1, 0.15) is 34.3 Å². The zero-order valence-electron chi connectivity index (χ0n) is 14.2. The number of nitriles is 1. The SMILES string of the molecule is CCOC(=O)C1(C#N)C(C(=O)c2ccccc2)C1c1ccc(C)cc1. The van der Waals surface area contributed by atoms with Crippen LogP contribution in [-0.4, -0.2) is 18.4 Å². The molecule has 0 radical (unpaired) electrons. The van der Waals surface area contributed by atoms with Gasteiger partial charge >= 0.3 is 5.97 Å². The fraction of sp³-hybridized carbons (Fsp3) is 0.286. The van der Waals surface area contributed by atoms with E-state index >= 15 is 0 Å². The number of Topliss-reactive ketones (excluding diaryl/α,β-unsaturated/α-hetero) is 1. The number of benzene rings is 2. The molecule has 0 aromatic heterocycles. The summed E-state index contributed by atoms with van der Waals surface area (Å²) in [5.41, 5.74) is 0.951. The zero-order chi connectivity index (χ0) is 18.0. The van der Waals surface area contributed by atoms with Crippen molar-refractivity contribution >= 4 is 11.8 Å². The minimum atomic E-state index is -1.45. The molecule has 4 nitrogen and oxygen atoms in total. The highest BCUT2D eigenvalue weighted by Crippen LogP contribution is 2.66. The minimum absolute atomic E-state index is 0.176. The van der Waals surface area contributed by atoms with Crippen LogP contribution >= 0.6 is 0 Å². The monoisotopic (exact) mass is 333 g/mol. The molecular formula is C21H19NO3. The van der Waals surface area contributed by atoms with Gasteiger partial charge in [0.2, 0.25) is 0 Å². The number of carbonyl (C=O) groups is 2. The molecule has 3 atom stereocenters. The summed E-state index contributed by atoms with van der Waals surface area (Å²) in [6, 6.07) is 18.5. The lowest BCUT2D eigenvalue weighted by Crippen LogP contribution is -2.23. The maximum Gasteiger partial charge on any atom is 0.327 e. The number of carbonyl (C=O) groups excluding carboxylic acids is 2. The van der Waals surface area contributed by atoms with Gasteiger partial charge in [-0.25, -0.2) is 0 Å². The molecule has 3 rings (SSSR count). The molecule has 0 aliphatic heterocycles. The van der Waals surface area contributed by atoms with Crippen LogP contribution in [0.15, 0.2) is 54.6 Å². The molecule has 0 bridgehead atoms. The van der Waals surface area contributed by atoms with Crippen molar-refractivity contribution < 1.29 is 14.3 Å². The summed E-state index contributed by atoms with van der Waals surface area (Å²) in [7, 11) is 0. The Morgan fingerprint density at radius 3 is 2.32 bits per heavy atom. The smallest absolute Gasteiger partial charge is 0.327 e. The second-order valence-corrected chi connectivity index (χ2v) is 6.30. The van der Waals surface area contributed by atoms with Gasteiger partial charge in [-0.1, -0.05) is 60.2 Å². The molecule has 1 fully saturated rings. The van der Waals surface area contributed by atoms with Crippen molar-refractivity contribution in [3.63, 3.8) is 0 Å². The lowest BCUT2D eigenvalue weighted by atomic mass is 9.98. The number of hydrogen-bond acceptors (Lipinski definition) is 4. The maximum absolute atomic E-state index is 13.0. The number of esters is 1. The quantitative estimate of drug-likeness (QED) is 0.618. The van der Waals surface area contributed by atoms with Gasteiger partial charge in [-0.2, -0.15) is 5.26 Å². The van der Waals surface area contributed by atoms with Crippen LogP contribution in [0.4, 0.5) is 0 Å². The first-order valence-electron chi connectivity index (χ1n) is 8.30. The average molecular weight is 333 g/mol. The van der Waals surface area contributed by atoms with E-state index in [0.717, 1.165) is 11.1 Å². The molecule has 25 heavy (non-hydrogen) atoms. The Morgan fingerprint density at radius 2 is 1.76 bits per heavy atom. The van der Waals surface area contributed by atoms with E-state index in [1.165, 1.54) is 0 Å². The van der Waals surface area contributed by atoms with Gasteiger partial charge in [0.1, 0.15) is 0 Å². The number of nitrogens with zero attached hydrogens (tertiary/aromatic N) is 1. The third-order valence-electron chi connectivity index (χ3n) is 4.78. The highest BCUT2D eigenvalue weighted by Gasteiger charge is 2.75. The van der Waals surface area contributed by atoms with Crippen LogP contribution < -0.4 is 0 Å². The Kier molecular flexibility index (Phi) is 4.41. The summed E-state index contributed by atoms with van der Waals surface area (Å²) in [6.45, 7) is 3.83. The van der Waals surface area contributed by atoms with Crippen molar-refractivity contribution in [3.8, 4) is 6.07 Å². The number of aryl methyl sites for hydroxylation is 1. The van der Waals surface area contributed by atoms with Crippen molar-refractivity contribution in [1.29, 1.82) is 5.26 Å². The van der Waals surface area contributed by atoms with Gasteiger partial charge in [-0.05, 0) is 19.4 Å². The van der Waals surface area contributed by atoms with Crippen LogP contribution in [0, 0.1) is 29.6 Å². The van der Waals surface area contributed by atoms with E-state index < -0.39 is 23.2 Å². The first kappa shape index (κ1) is 16.9. The second kappa shape index (κ2) is 6.52. The highest BCUT2D eigenvalue weighted by atomic mass is 16.5. The minimum Gasteiger partial charge on any atom is -0.465 e. The Bertz CT molecular complexity index is 836. The van der Waals surface area contributed by atoms with Crippen LogP contribution in [0.2, 0.25) is 0 Å². The lowest BCUT2D eigenvalue weighted by molar-refractivity contribution is -0.147. The zero-order valence-corrected chi connectivity index (χ0v) is 14.2. The number of rotatable bonds is 5. The van der Waals surface area contributed by atoms with Crippen molar-refractivity contribution in [2.45, 2.75) is 19.8 Å². The molecule has 1 aliphatic rings. The number of ether oxygens (including phenoxy) is 1. The first-order chi connectivity index (χ1) is 12.1. The molecule has 2 aromatic carbocycles. The average Bonchev–Trinajstić information content (AvgIpc) is 3.33. The van der Waals surface area contributed by atoms with Gasteiger partial charge < -0.3 is 4.74 Å². The van der Waals surface area contributed by atoms with E-state index in [2.05, 4.69) is 6.07 Å². The Hall–Kier alpha value is -2.93. The third-order valence-corrected chi connectivity index (χ3v) is 4.78. The van der Waals surface area contributed by atoms with Crippen molar-refractivity contribution in [3.05, 3.63) is 71.3 Å². The summed E-state index contributed by atoms with van der Waals surface area (Å²) in [6.07, 6.45) is 0. The van der Waals surface area contributed by atoms with E-state index in [0.29, 0.717) is 5.56 Å². The first-order valence-corrected chi connectivity index (χ1v) is 8.30. The molecule has 126 valence electrons. The van der Waals surface area contributed by atoms with E-state index in [-0.39, 0.29) is 12.4 Å². The van der Waals surface area contributed by atoms with Crippen LogP contribution in [0.3, 0.4) is 0 Å². The normalized spacial score (nSPS) is 24.2. The molecule has 1 saturated carbocycles. The predicted octanol–water partition coefficient (Wildman–Crippen LogP) is 3.66. The van der Waals surface area contributed by atoms with Gasteiger partial charge in [0, 0.05) is 11.5 Å². The number of ketones is 1. The topological polar surface area (TPSA) is 67.2 Å². The molecule has 0 amide bonds. The van der Waals surface area contributed by atoms with E-state index in [4.69, 9.17) is 4.74 Å². The molecule has 0 saturated heterocycles. The fourth-order valence-corrected chi connectivity index (χ4v) is 3.45. The molecule has 0 spiro atoms.